The molecule has 3 rings (SSSR count). The van der Waals surface area contributed by atoms with Crippen LogP contribution in [0.1, 0.15) is 10.4 Å². The molecule has 0 atom stereocenters. The summed E-state index contributed by atoms with van der Waals surface area (Å²) in [4.78, 5) is 20.2. The topological polar surface area (TPSA) is 66.9 Å². The van der Waals surface area contributed by atoms with Gasteiger partial charge in [-0.2, -0.15) is 0 Å². The monoisotopic (exact) mass is 304 g/mol. The fraction of sp³-hybridized carbons (Fsp3) is 0. The second-order valence-electron chi connectivity index (χ2n) is 3.94. The molecule has 1 aromatic carbocycles. The number of hydrogen-bond acceptors (Lipinski definition) is 5. The van der Waals surface area contributed by atoms with Crippen molar-refractivity contribution in [2.45, 2.75) is 0 Å². The van der Waals surface area contributed by atoms with Gasteiger partial charge in [-0.05, 0) is 35.7 Å². The van der Waals surface area contributed by atoms with Gasteiger partial charge in [-0.25, -0.2) is 9.97 Å². The van der Waals surface area contributed by atoms with Crippen molar-refractivity contribution in [2.75, 3.05) is 5.43 Å². The van der Waals surface area contributed by atoms with Crippen LogP contribution in [0.2, 0.25) is 5.02 Å². The molecule has 2 N–H and O–H groups in total. The lowest BCUT2D eigenvalue weighted by Gasteiger charge is -2.08. The second kappa shape index (κ2) is 5.44. The lowest BCUT2D eigenvalue weighted by Crippen LogP contribution is -2.29. The maximum Gasteiger partial charge on any atom is 0.269 e. The van der Waals surface area contributed by atoms with Crippen LogP contribution in [-0.4, -0.2) is 15.9 Å². The third-order valence-electron chi connectivity index (χ3n) is 2.64. The van der Waals surface area contributed by atoms with Gasteiger partial charge in [0.15, 0.2) is 5.82 Å². The average molecular weight is 305 g/mol. The molecule has 5 nitrogen and oxygen atoms in total. The van der Waals surface area contributed by atoms with E-state index in [0.717, 1.165) is 10.2 Å². The number of fused-ring (bicyclic) bond motifs is 1. The zero-order chi connectivity index (χ0) is 13.9. The van der Waals surface area contributed by atoms with Gasteiger partial charge in [-0.15, -0.1) is 11.3 Å². The molecule has 0 aliphatic heterocycles. The van der Waals surface area contributed by atoms with Crippen molar-refractivity contribution in [1.82, 2.24) is 15.4 Å². The SMILES string of the molecule is O=C(NNc1ncnc2ccsc12)c1ccc(Cl)cc1. The first-order chi connectivity index (χ1) is 9.74. The smallest absolute Gasteiger partial charge is 0.269 e. The first kappa shape index (κ1) is 12.8. The number of carbonyl (C=O) groups excluding carboxylic acids is 1. The summed E-state index contributed by atoms with van der Waals surface area (Å²) in [5, 5.41) is 2.51. The van der Waals surface area contributed by atoms with Gasteiger partial charge in [0.2, 0.25) is 0 Å². The molecular weight excluding hydrogens is 296 g/mol. The summed E-state index contributed by atoms with van der Waals surface area (Å²) in [6, 6.07) is 8.53. The molecule has 0 saturated carbocycles. The quantitative estimate of drug-likeness (QED) is 0.730. The third kappa shape index (κ3) is 2.56. The number of halogens is 1. The Labute approximate surface area is 123 Å². The highest BCUT2D eigenvalue weighted by atomic mass is 35.5. The predicted octanol–water partition coefficient (Wildman–Crippen LogP) is 3.10. The molecule has 2 aromatic heterocycles. The second-order valence-corrected chi connectivity index (χ2v) is 5.30. The minimum atomic E-state index is -0.259. The molecule has 0 bridgehead atoms. The van der Waals surface area contributed by atoms with Crippen molar-refractivity contribution < 1.29 is 4.79 Å². The molecule has 0 aliphatic carbocycles. The van der Waals surface area contributed by atoms with Crippen molar-refractivity contribution in [1.29, 1.82) is 0 Å². The van der Waals surface area contributed by atoms with Crippen LogP contribution in [0.25, 0.3) is 10.2 Å². The van der Waals surface area contributed by atoms with Gasteiger partial charge >= 0.3 is 0 Å². The van der Waals surface area contributed by atoms with E-state index in [9.17, 15) is 4.79 Å². The Morgan fingerprint density at radius 1 is 1.15 bits per heavy atom. The number of benzene rings is 1. The number of aromatic nitrogens is 2. The highest BCUT2D eigenvalue weighted by Gasteiger charge is 2.08. The summed E-state index contributed by atoms with van der Waals surface area (Å²) in [7, 11) is 0. The molecule has 0 saturated heterocycles. The highest BCUT2D eigenvalue weighted by Crippen LogP contribution is 2.24. The van der Waals surface area contributed by atoms with Crippen molar-refractivity contribution in [3.05, 3.63) is 52.6 Å². The van der Waals surface area contributed by atoms with Gasteiger partial charge in [-0.3, -0.25) is 15.6 Å². The van der Waals surface area contributed by atoms with Gasteiger partial charge in [0, 0.05) is 10.6 Å². The van der Waals surface area contributed by atoms with Gasteiger partial charge in [-0.1, -0.05) is 11.6 Å². The van der Waals surface area contributed by atoms with E-state index < -0.39 is 0 Å². The van der Waals surface area contributed by atoms with Crippen molar-refractivity contribution in [3.63, 3.8) is 0 Å². The Bertz CT molecular complexity index is 756. The number of nitrogens with one attached hydrogen (secondary N) is 2. The minimum absolute atomic E-state index is 0.259. The molecule has 100 valence electrons. The Balaban J connectivity index is 1.74. The number of carbonyl (C=O) groups is 1. The summed E-state index contributed by atoms with van der Waals surface area (Å²) < 4.78 is 0.893. The Kier molecular flexibility index (Phi) is 3.49. The number of thiophene rings is 1. The first-order valence-electron chi connectivity index (χ1n) is 5.74. The van der Waals surface area contributed by atoms with Crippen LogP contribution >= 0.6 is 22.9 Å². The van der Waals surface area contributed by atoms with Crippen LogP contribution < -0.4 is 10.9 Å². The molecule has 7 heteroatoms. The fourth-order valence-electron chi connectivity index (χ4n) is 1.67. The molecule has 3 aromatic rings. The van der Waals surface area contributed by atoms with Gasteiger partial charge in [0.25, 0.3) is 5.91 Å². The van der Waals surface area contributed by atoms with Crippen molar-refractivity contribution in [3.8, 4) is 0 Å². The largest absolute Gasteiger partial charge is 0.280 e. The highest BCUT2D eigenvalue weighted by molar-refractivity contribution is 7.17. The summed E-state index contributed by atoms with van der Waals surface area (Å²) in [5.41, 5.74) is 6.77. The molecule has 0 radical (unpaired) electrons. The number of hydrazine groups is 1. The zero-order valence-corrected chi connectivity index (χ0v) is 11.7. The number of rotatable bonds is 3. The van der Waals surface area contributed by atoms with Crippen LogP contribution in [0, 0.1) is 0 Å². The van der Waals surface area contributed by atoms with E-state index in [2.05, 4.69) is 20.8 Å². The van der Waals surface area contributed by atoms with Crippen molar-refractivity contribution >= 4 is 44.9 Å². The summed E-state index contributed by atoms with van der Waals surface area (Å²) in [6.07, 6.45) is 1.45. The van der Waals surface area contributed by atoms with E-state index in [4.69, 9.17) is 11.6 Å². The lowest BCUT2D eigenvalue weighted by molar-refractivity contribution is 0.0962. The zero-order valence-electron chi connectivity index (χ0n) is 10.1. The maximum absolute atomic E-state index is 11.9. The van der Waals surface area contributed by atoms with Crippen LogP contribution in [0.5, 0.6) is 0 Å². The molecule has 20 heavy (non-hydrogen) atoms. The molecule has 0 unspecified atom stereocenters. The van der Waals surface area contributed by atoms with E-state index in [-0.39, 0.29) is 5.91 Å². The Hall–Kier alpha value is -2.18. The minimum Gasteiger partial charge on any atom is -0.280 e. The summed E-state index contributed by atoms with van der Waals surface area (Å²) in [5.74, 6) is 0.317. The molecular formula is C13H9ClN4OS. The average Bonchev–Trinajstić information content (AvgIpc) is 2.94. The molecule has 2 heterocycles. The molecule has 0 spiro atoms. The van der Waals surface area contributed by atoms with Gasteiger partial charge < -0.3 is 0 Å². The predicted molar refractivity (Wildman–Crippen MR) is 80.0 cm³/mol. The van der Waals surface area contributed by atoms with Crippen LogP contribution in [0.4, 0.5) is 5.82 Å². The van der Waals surface area contributed by atoms with Crippen molar-refractivity contribution in [2.24, 2.45) is 0 Å². The van der Waals surface area contributed by atoms with E-state index in [0.29, 0.717) is 16.4 Å². The first-order valence-corrected chi connectivity index (χ1v) is 7.00. The third-order valence-corrected chi connectivity index (χ3v) is 3.81. The van der Waals surface area contributed by atoms with Crippen LogP contribution in [0.15, 0.2) is 42.0 Å². The van der Waals surface area contributed by atoms with Gasteiger partial charge in [0.1, 0.15) is 6.33 Å². The lowest BCUT2D eigenvalue weighted by atomic mass is 10.2. The molecule has 0 aliphatic rings. The molecule has 0 fully saturated rings. The van der Waals surface area contributed by atoms with Gasteiger partial charge in [0.05, 0.1) is 10.2 Å². The summed E-state index contributed by atoms with van der Waals surface area (Å²) in [6.45, 7) is 0. The summed E-state index contributed by atoms with van der Waals surface area (Å²) >= 11 is 7.29. The van der Waals surface area contributed by atoms with E-state index in [1.165, 1.54) is 17.7 Å². The number of hydrogen-bond donors (Lipinski definition) is 2. The number of nitrogens with zero attached hydrogens (tertiary/aromatic N) is 2. The van der Waals surface area contributed by atoms with E-state index in [1.54, 1.807) is 24.3 Å². The normalized spacial score (nSPS) is 10.4. The van der Waals surface area contributed by atoms with E-state index in [1.807, 2.05) is 11.4 Å². The Morgan fingerprint density at radius 2 is 1.95 bits per heavy atom. The van der Waals surface area contributed by atoms with Crippen LogP contribution in [-0.2, 0) is 0 Å². The fourth-order valence-corrected chi connectivity index (χ4v) is 2.58. The number of anilines is 1. The maximum atomic E-state index is 11.9. The number of amides is 1. The Morgan fingerprint density at radius 3 is 2.75 bits per heavy atom. The van der Waals surface area contributed by atoms with Crippen LogP contribution in [0.3, 0.4) is 0 Å². The van der Waals surface area contributed by atoms with E-state index >= 15 is 0 Å². The standard InChI is InChI=1S/C13H9ClN4OS/c14-9-3-1-8(2-4-9)13(19)18-17-12-11-10(5-6-20-11)15-7-16-12/h1-7H,(H,18,19)(H,15,16,17). The molecule has 1 amide bonds.